The van der Waals surface area contributed by atoms with Crippen molar-refractivity contribution < 1.29 is 45.7 Å². The van der Waals surface area contributed by atoms with Gasteiger partial charge in [0.25, 0.3) is 0 Å². The van der Waals surface area contributed by atoms with Gasteiger partial charge >= 0.3 is 6.09 Å². The van der Waals surface area contributed by atoms with Gasteiger partial charge in [-0.2, -0.15) is 9.10 Å². The van der Waals surface area contributed by atoms with Crippen molar-refractivity contribution in [2.75, 3.05) is 34.4 Å². The third-order valence-corrected chi connectivity index (χ3v) is 15.2. The normalized spacial score (nSPS) is 12.5. The molecule has 68 heavy (non-hydrogen) atoms. The van der Waals surface area contributed by atoms with E-state index in [1.165, 1.54) is 46.8 Å². The minimum absolute atomic E-state index is 0.110. The van der Waals surface area contributed by atoms with Crippen molar-refractivity contribution in [3.63, 3.8) is 0 Å². The number of sulfonamides is 2. The van der Waals surface area contributed by atoms with Gasteiger partial charge in [-0.15, -0.1) is 21.5 Å². The molecule has 0 aliphatic rings. The Labute approximate surface area is 406 Å². The average Bonchev–Trinajstić information content (AvgIpc) is 3.95. The van der Waals surface area contributed by atoms with E-state index in [1.807, 2.05) is 18.2 Å². The van der Waals surface area contributed by atoms with Gasteiger partial charge in [-0.3, -0.25) is 0 Å². The molecule has 358 valence electrons. The fourth-order valence-electron chi connectivity index (χ4n) is 7.02. The van der Waals surface area contributed by atoms with Crippen LogP contribution in [0.25, 0.3) is 32.7 Å². The van der Waals surface area contributed by atoms with Crippen LogP contribution in [0.3, 0.4) is 0 Å². The second-order valence-electron chi connectivity index (χ2n) is 16.3. The molecule has 0 spiro atoms. The number of ether oxygens (including phenoxy) is 4. The molecule has 22 heteroatoms. The SMILES string of the molecule is COc1ccc(CN(Cc2ccc(OC)cc2)S(=O)(=O)c2c(S(=O)(=O)NC[C@@H](O)CNC(=O)OC(C)(C)C)ccc(-c3cccc4sc(Br)nc34)c2-c2nnn(Cc3ccc(OC)cc3)n2)cc1. The molecule has 1 amide bonds. The lowest BCUT2D eigenvalue weighted by Gasteiger charge is -2.26. The van der Waals surface area contributed by atoms with Gasteiger partial charge in [0.1, 0.15) is 32.6 Å². The molecule has 3 N–H and O–H groups in total. The smallest absolute Gasteiger partial charge is 0.407 e. The van der Waals surface area contributed by atoms with Crippen LogP contribution in [-0.4, -0.2) is 104 Å². The van der Waals surface area contributed by atoms with Crippen LogP contribution >= 0.6 is 27.3 Å². The quantitative estimate of drug-likeness (QED) is 0.0741. The largest absolute Gasteiger partial charge is 0.497 e. The van der Waals surface area contributed by atoms with Gasteiger partial charge in [0.05, 0.1) is 49.8 Å². The number of alkyl carbamates (subject to hydrolysis) is 1. The van der Waals surface area contributed by atoms with Crippen molar-refractivity contribution in [3.8, 4) is 39.8 Å². The summed E-state index contributed by atoms with van der Waals surface area (Å²) < 4.78 is 87.9. The van der Waals surface area contributed by atoms with E-state index in [0.29, 0.717) is 43.4 Å². The number of benzene rings is 5. The van der Waals surface area contributed by atoms with E-state index in [9.17, 15) is 18.3 Å². The summed E-state index contributed by atoms with van der Waals surface area (Å²) in [6.07, 6.45) is -2.28. The van der Waals surface area contributed by atoms with Crippen molar-refractivity contribution in [2.24, 2.45) is 0 Å². The van der Waals surface area contributed by atoms with Crippen molar-refractivity contribution in [1.82, 2.24) is 39.5 Å². The number of aliphatic hydroxyl groups is 1. The van der Waals surface area contributed by atoms with Gasteiger partial charge < -0.3 is 29.4 Å². The fraction of sp³-hybridized carbons (Fsp3) is 0.283. The number of hydrogen-bond donors (Lipinski definition) is 3. The van der Waals surface area contributed by atoms with E-state index in [0.717, 1.165) is 10.3 Å². The zero-order chi connectivity index (χ0) is 48.8. The monoisotopic (exact) mass is 1050 g/mol. The van der Waals surface area contributed by atoms with Crippen LogP contribution in [0.2, 0.25) is 0 Å². The first-order valence-corrected chi connectivity index (χ1v) is 25.4. The predicted molar refractivity (Wildman–Crippen MR) is 260 cm³/mol. The third kappa shape index (κ3) is 12.0. The van der Waals surface area contributed by atoms with Crippen LogP contribution in [-0.2, 0) is 44.4 Å². The van der Waals surface area contributed by atoms with Crippen molar-refractivity contribution in [2.45, 2.75) is 61.9 Å². The van der Waals surface area contributed by atoms with E-state index in [2.05, 4.69) is 36.3 Å². The van der Waals surface area contributed by atoms with Crippen LogP contribution < -0.4 is 24.2 Å². The lowest BCUT2D eigenvalue weighted by Crippen LogP contribution is -2.42. The summed E-state index contributed by atoms with van der Waals surface area (Å²) in [5.74, 6) is 1.52. The minimum Gasteiger partial charge on any atom is -0.497 e. The number of tetrazole rings is 1. The van der Waals surface area contributed by atoms with Gasteiger partial charge in [-0.25, -0.2) is 31.3 Å². The van der Waals surface area contributed by atoms with Gasteiger partial charge in [0.15, 0.2) is 3.92 Å². The molecule has 0 aliphatic heterocycles. The number of carbonyl (C=O) groups excluding carboxylic acids is 1. The summed E-state index contributed by atoms with van der Waals surface area (Å²) in [4.78, 5) is 17.0. The van der Waals surface area contributed by atoms with E-state index < -0.39 is 60.7 Å². The highest BCUT2D eigenvalue weighted by Crippen LogP contribution is 2.44. The topological polar surface area (TPSA) is 226 Å². The lowest BCUT2D eigenvalue weighted by atomic mass is 9.98. The third-order valence-electron chi connectivity index (χ3n) is 10.3. The second-order valence-corrected chi connectivity index (χ2v) is 22.2. The van der Waals surface area contributed by atoms with Crippen molar-refractivity contribution in [1.29, 1.82) is 0 Å². The summed E-state index contributed by atoms with van der Waals surface area (Å²) in [6.45, 7) is 3.66. The number of fused-ring (bicyclic) bond motifs is 1. The van der Waals surface area contributed by atoms with E-state index in [1.54, 1.807) is 101 Å². The van der Waals surface area contributed by atoms with Crippen LogP contribution in [0.4, 0.5) is 4.79 Å². The molecular weight excluding hydrogens is 1000 g/mol. The molecule has 7 rings (SSSR count). The van der Waals surface area contributed by atoms with Crippen LogP contribution in [0, 0.1) is 0 Å². The van der Waals surface area contributed by atoms with E-state index in [4.69, 9.17) is 29.0 Å². The number of aromatic nitrogens is 5. The van der Waals surface area contributed by atoms with Gasteiger partial charge in [0.2, 0.25) is 25.9 Å². The number of aliphatic hydroxyl groups excluding tert-OH is 1. The van der Waals surface area contributed by atoms with E-state index in [-0.39, 0.29) is 36.6 Å². The maximum absolute atomic E-state index is 16.0. The number of nitrogens with zero attached hydrogens (tertiary/aromatic N) is 6. The van der Waals surface area contributed by atoms with Crippen molar-refractivity contribution in [3.05, 3.63) is 124 Å². The van der Waals surface area contributed by atoms with Crippen LogP contribution in [0.1, 0.15) is 37.5 Å². The Morgan fingerprint density at radius 1 is 0.794 bits per heavy atom. The zero-order valence-electron chi connectivity index (χ0n) is 37.8. The zero-order valence-corrected chi connectivity index (χ0v) is 41.9. The molecule has 0 radical (unpaired) electrons. The highest BCUT2D eigenvalue weighted by molar-refractivity contribution is 9.11. The first-order chi connectivity index (χ1) is 32.4. The summed E-state index contributed by atoms with van der Waals surface area (Å²) in [5, 5.41) is 26.8. The number of methoxy groups -OCH3 is 3. The van der Waals surface area contributed by atoms with E-state index >= 15 is 8.42 Å². The molecule has 0 bridgehead atoms. The molecule has 0 saturated heterocycles. The maximum Gasteiger partial charge on any atom is 0.407 e. The Morgan fingerprint density at radius 3 is 1.93 bits per heavy atom. The molecule has 0 aliphatic carbocycles. The average molecular weight is 1050 g/mol. The number of rotatable bonds is 19. The number of carbonyl (C=O) groups is 1. The Balaban J connectivity index is 1.44. The number of para-hydroxylation sites is 1. The second kappa shape index (κ2) is 21.1. The summed E-state index contributed by atoms with van der Waals surface area (Å²) in [6, 6.07) is 28.9. The van der Waals surface area contributed by atoms with Crippen LogP contribution in [0.15, 0.2) is 117 Å². The summed E-state index contributed by atoms with van der Waals surface area (Å²) >= 11 is 4.85. The predicted octanol–water partition coefficient (Wildman–Crippen LogP) is 7.01. The Hall–Kier alpha value is -6.01. The number of amides is 1. The molecule has 0 fully saturated rings. The number of halogens is 1. The van der Waals surface area contributed by atoms with Crippen molar-refractivity contribution >= 4 is 63.6 Å². The summed E-state index contributed by atoms with van der Waals surface area (Å²) in [7, 11) is -5.25. The lowest BCUT2D eigenvalue weighted by molar-refractivity contribution is 0.0494. The molecule has 5 aromatic carbocycles. The Bertz CT molecular complexity index is 3060. The molecule has 0 unspecified atom stereocenters. The first kappa shape index (κ1) is 49.9. The highest BCUT2D eigenvalue weighted by Gasteiger charge is 2.38. The first-order valence-electron chi connectivity index (χ1n) is 20.9. The van der Waals surface area contributed by atoms with Gasteiger partial charge in [0, 0.05) is 31.7 Å². The number of nitrogens with one attached hydrogen (secondary N) is 2. The van der Waals surface area contributed by atoms with Crippen LogP contribution in [0.5, 0.6) is 17.2 Å². The van der Waals surface area contributed by atoms with Gasteiger partial charge in [-0.1, -0.05) is 54.6 Å². The summed E-state index contributed by atoms with van der Waals surface area (Å²) in [5.41, 5.74) is 2.09. The standard InChI is InChI=1S/C46H49BrN8O10S3/c1-46(2,3)65-45(57)48-24-32(56)25-49-67(58,59)39-23-22-36(37-8-7-9-38-41(37)50-44(47)66-38)40(43-51-53-55(52-43)28-31-14-20-35(64-6)21-15-31)42(39)68(60,61)54(26-29-10-16-33(62-4)17-11-29)27-30-12-18-34(63-5)19-13-30/h7-23,32,49,56H,24-28H2,1-6H3,(H,48,57)/t32-/m0/s1. The molecule has 1 atom stereocenters. The molecule has 18 nitrogen and oxygen atoms in total. The molecular formula is C46H49BrN8O10S3. The van der Waals surface area contributed by atoms with Gasteiger partial charge in [-0.05, 0) is 113 Å². The maximum atomic E-state index is 16.0. The molecule has 0 saturated carbocycles. The number of thiazole rings is 1. The molecule has 7 aromatic rings. The molecule has 2 heterocycles. The minimum atomic E-state index is -4.98. The highest BCUT2D eigenvalue weighted by atomic mass is 79.9. The Morgan fingerprint density at radius 2 is 1.37 bits per heavy atom. The number of hydrogen-bond acceptors (Lipinski definition) is 15. The molecule has 2 aromatic heterocycles. The fourth-order valence-corrected chi connectivity index (χ4v) is 11.9. The Kier molecular flexibility index (Phi) is 15.5.